The van der Waals surface area contributed by atoms with Crippen molar-refractivity contribution in [3.8, 4) is 0 Å². The molecule has 2 atom stereocenters. The molecule has 2 unspecified atom stereocenters. The number of hydrogen-bond donors (Lipinski definition) is 1. The molecule has 1 saturated heterocycles. The van der Waals surface area contributed by atoms with Crippen LogP contribution in [0.3, 0.4) is 0 Å². The van der Waals surface area contributed by atoms with Crippen molar-refractivity contribution in [3.05, 3.63) is 18.6 Å². The van der Waals surface area contributed by atoms with Crippen molar-refractivity contribution in [2.45, 2.75) is 32.7 Å². The number of aromatic nitrogens is 2. The number of anilines is 1. The molecule has 4 nitrogen and oxygen atoms in total. The van der Waals surface area contributed by atoms with Gasteiger partial charge in [-0.15, -0.1) is 0 Å². The highest BCUT2D eigenvalue weighted by molar-refractivity contribution is 5.35. The van der Waals surface area contributed by atoms with Crippen molar-refractivity contribution in [1.82, 2.24) is 15.3 Å². The zero-order valence-electron chi connectivity index (χ0n) is 10.8. The summed E-state index contributed by atoms with van der Waals surface area (Å²) in [6, 6.07) is 0.583. The van der Waals surface area contributed by atoms with E-state index in [1.807, 2.05) is 6.20 Å². The molecule has 0 amide bonds. The van der Waals surface area contributed by atoms with Crippen LogP contribution in [0.25, 0.3) is 0 Å². The van der Waals surface area contributed by atoms with E-state index in [-0.39, 0.29) is 0 Å². The molecule has 2 heterocycles. The van der Waals surface area contributed by atoms with Crippen LogP contribution >= 0.6 is 0 Å². The summed E-state index contributed by atoms with van der Waals surface area (Å²) in [5.74, 6) is 1.73. The van der Waals surface area contributed by atoms with Gasteiger partial charge in [0.25, 0.3) is 0 Å². The first kappa shape index (κ1) is 12.3. The highest BCUT2D eigenvalue weighted by Gasteiger charge is 2.24. The Balaban J connectivity index is 1.97. The standard InChI is InChI=1S/C13H22N4/c1-3-15-11(2)12-5-4-8-17(10-12)13-9-14-6-7-16-13/h6-7,9,11-12,15H,3-5,8,10H2,1-2H3. The molecular weight excluding hydrogens is 212 g/mol. The zero-order chi connectivity index (χ0) is 12.1. The van der Waals surface area contributed by atoms with Crippen LogP contribution in [-0.4, -0.2) is 35.6 Å². The van der Waals surface area contributed by atoms with E-state index in [0.717, 1.165) is 25.5 Å². The third-order valence-electron chi connectivity index (χ3n) is 3.56. The lowest BCUT2D eigenvalue weighted by Crippen LogP contribution is -2.44. The molecule has 1 N–H and O–H groups in total. The van der Waals surface area contributed by atoms with E-state index in [1.165, 1.54) is 12.8 Å². The fourth-order valence-corrected chi connectivity index (χ4v) is 2.57. The quantitative estimate of drug-likeness (QED) is 0.861. The lowest BCUT2D eigenvalue weighted by Gasteiger charge is -2.36. The van der Waals surface area contributed by atoms with Gasteiger partial charge in [0.2, 0.25) is 0 Å². The van der Waals surface area contributed by atoms with E-state index < -0.39 is 0 Å². The van der Waals surface area contributed by atoms with Crippen LogP contribution in [0.2, 0.25) is 0 Å². The smallest absolute Gasteiger partial charge is 0.147 e. The summed E-state index contributed by atoms with van der Waals surface area (Å²) in [7, 11) is 0. The first-order valence-electron chi connectivity index (χ1n) is 6.55. The molecule has 4 heteroatoms. The number of rotatable bonds is 4. The number of nitrogens with zero attached hydrogens (tertiary/aromatic N) is 3. The van der Waals surface area contributed by atoms with Crippen LogP contribution in [0.4, 0.5) is 5.82 Å². The van der Waals surface area contributed by atoms with Crippen LogP contribution in [0, 0.1) is 5.92 Å². The Labute approximate surface area is 103 Å². The minimum atomic E-state index is 0.583. The molecule has 2 rings (SSSR count). The van der Waals surface area contributed by atoms with E-state index in [4.69, 9.17) is 0 Å². The molecule has 17 heavy (non-hydrogen) atoms. The second-order valence-electron chi connectivity index (χ2n) is 4.76. The summed E-state index contributed by atoms with van der Waals surface area (Å²) in [4.78, 5) is 10.9. The maximum Gasteiger partial charge on any atom is 0.147 e. The lowest BCUT2D eigenvalue weighted by molar-refractivity contribution is 0.323. The molecule has 0 bridgehead atoms. The second-order valence-corrected chi connectivity index (χ2v) is 4.76. The summed E-state index contributed by atoms with van der Waals surface area (Å²) >= 11 is 0. The van der Waals surface area contributed by atoms with Crippen LogP contribution in [-0.2, 0) is 0 Å². The molecule has 0 aliphatic carbocycles. The van der Waals surface area contributed by atoms with Gasteiger partial charge in [0.05, 0.1) is 6.20 Å². The Morgan fingerprint density at radius 2 is 2.41 bits per heavy atom. The fourth-order valence-electron chi connectivity index (χ4n) is 2.57. The average Bonchev–Trinajstić information content (AvgIpc) is 2.40. The molecule has 0 radical (unpaired) electrons. The SMILES string of the molecule is CCNC(C)C1CCCN(c2cnccn2)C1. The molecule has 1 aliphatic heterocycles. The molecule has 1 aromatic rings. The zero-order valence-corrected chi connectivity index (χ0v) is 10.8. The summed E-state index contributed by atoms with van der Waals surface area (Å²) in [6.45, 7) is 7.69. The van der Waals surface area contributed by atoms with Crippen LogP contribution in [0.1, 0.15) is 26.7 Å². The predicted octanol–water partition coefficient (Wildman–Crippen LogP) is 1.69. The second kappa shape index (κ2) is 5.96. The summed E-state index contributed by atoms with van der Waals surface area (Å²) in [5, 5.41) is 3.52. The minimum absolute atomic E-state index is 0.583. The van der Waals surface area contributed by atoms with Crippen molar-refractivity contribution in [1.29, 1.82) is 0 Å². The van der Waals surface area contributed by atoms with Crippen molar-refractivity contribution < 1.29 is 0 Å². The van der Waals surface area contributed by atoms with Gasteiger partial charge in [0, 0.05) is 31.5 Å². The summed E-state index contributed by atoms with van der Waals surface area (Å²) < 4.78 is 0. The van der Waals surface area contributed by atoms with Crippen molar-refractivity contribution in [3.63, 3.8) is 0 Å². The molecule has 0 aromatic carbocycles. The predicted molar refractivity (Wildman–Crippen MR) is 70.1 cm³/mol. The van der Waals surface area contributed by atoms with E-state index in [2.05, 4.69) is 34.0 Å². The maximum absolute atomic E-state index is 4.39. The third kappa shape index (κ3) is 3.16. The van der Waals surface area contributed by atoms with Gasteiger partial charge in [-0.05, 0) is 32.2 Å². The summed E-state index contributed by atoms with van der Waals surface area (Å²) in [6.07, 6.45) is 7.92. The van der Waals surface area contributed by atoms with Gasteiger partial charge in [-0.3, -0.25) is 4.98 Å². The Bertz CT molecular complexity index is 327. The Morgan fingerprint density at radius 3 is 3.12 bits per heavy atom. The first-order chi connectivity index (χ1) is 8.31. The molecule has 0 saturated carbocycles. The molecule has 1 aliphatic rings. The Morgan fingerprint density at radius 1 is 1.53 bits per heavy atom. The van der Waals surface area contributed by atoms with Crippen LogP contribution in [0.5, 0.6) is 0 Å². The molecular formula is C13H22N4. The first-order valence-corrected chi connectivity index (χ1v) is 6.55. The van der Waals surface area contributed by atoms with Gasteiger partial charge in [-0.2, -0.15) is 0 Å². The lowest BCUT2D eigenvalue weighted by atomic mass is 9.91. The van der Waals surface area contributed by atoms with Crippen molar-refractivity contribution in [2.24, 2.45) is 5.92 Å². The molecule has 0 spiro atoms. The van der Waals surface area contributed by atoms with Crippen molar-refractivity contribution >= 4 is 5.82 Å². The van der Waals surface area contributed by atoms with E-state index in [1.54, 1.807) is 12.4 Å². The van der Waals surface area contributed by atoms with E-state index in [9.17, 15) is 0 Å². The largest absolute Gasteiger partial charge is 0.355 e. The van der Waals surface area contributed by atoms with Gasteiger partial charge in [0.1, 0.15) is 5.82 Å². The van der Waals surface area contributed by atoms with E-state index in [0.29, 0.717) is 12.0 Å². The van der Waals surface area contributed by atoms with Gasteiger partial charge >= 0.3 is 0 Å². The van der Waals surface area contributed by atoms with Crippen LogP contribution in [0.15, 0.2) is 18.6 Å². The number of nitrogens with one attached hydrogen (secondary N) is 1. The molecule has 1 aromatic heterocycles. The minimum Gasteiger partial charge on any atom is -0.355 e. The van der Waals surface area contributed by atoms with Gasteiger partial charge in [-0.25, -0.2) is 4.98 Å². The highest BCUT2D eigenvalue weighted by atomic mass is 15.2. The van der Waals surface area contributed by atoms with Gasteiger partial charge < -0.3 is 10.2 Å². The Kier molecular flexibility index (Phi) is 4.31. The number of hydrogen-bond acceptors (Lipinski definition) is 4. The average molecular weight is 234 g/mol. The topological polar surface area (TPSA) is 41.0 Å². The third-order valence-corrected chi connectivity index (χ3v) is 3.56. The molecule has 1 fully saturated rings. The van der Waals surface area contributed by atoms with Gasteiger partial charge in [-0.1, -0.05) is 6.92 Å². The Hall–Kier alpha value is -1.16. The maximum atomic E-state index is 4.39. The molecule has 94 valence electrons. The highest BCUT2D eigenvalue weighted by Crippen LogP contribution is 2.23. The van der Waals surface area contributed by atoms with Gasteiger partial charge in [0.15, 0.2) is 0 Å². The monoisotopic (exact) mass is 234 g/mol. The van der Waals surface area contributed by atoms with E-state index >= 15 is 0 Å². The van der Waals surface area contributed by atoms with Crippen LogP contribution < -0.4 is 10.2 Å². The number of piperidine rings is 1. The summed E-state index contributed by atoms with van der Waals surface area (Å²) in [5.41, 5.74) is 0. The fraction of sp³-hybridized carbons (Fsp3) is 0.692. The normalized spacial score (nSPS) is 22.5. The van der Waals surface area contributed by atoms with Crippen molar-refractivity contribution in [2.75, 3.05) is 24.5 Å².